The Morgan fingerprint density at radius 3 is 1.33 bits per heavy atom. The van der Waals surface area contributed by atoms with Gasteiger partial charge < -0.3 is 18.9 Å². The zero-order chi connectivity index (χ0) is 22.3. The van der Waals surface area contributed by atoms with E-state index >= 15 is 0 Å². The molecule has 0 heterocycles. The Hall–Kier alpha value is -3.10. The summed E-state index contributed by atoms with van der Waals surface area (Å²) in [6.45, 7) is 0. The number of halogens is 2. The van der Waals surface area contributed by atoms with E-state index in [1.165, 1.54) is 50.6 Å². The van der Waals surface area contributed by atoms with E-state index in [9.17, 15) is 19.2 Å². The van der Waals surface area contributed by atoms with Crippen LogP contribution in [0.3, 0.4) is 0 Å². The summed E-state index contributed by atoms with van der Waals surface area (Å²) >= 11 is 10.8. The topological polar surface area (TPSA) is 105 Å². The van der Waals surface area contributed by atoms with Gasteiger partial charge >= 0.3 is 11.9 Å². The first-order valence-corrected chi connectivity index (χ1v) is 9.17. The molecule has 8 nitrogen and oxygen atoms in total. The molecular formula is C20H16Cl2O8. The fraction of sp³-hybridized carbons (Fsp3) is 0.200. The predicted molar refractivity (Wildman–Crippen MR) is 107 cm³/mol. The summed E-state index contributed by atoms with van der Waals surface area (Å²) in [7, 11) is 2.67. The maximum atomic E-state index is 12.0. The van der Waals surface area contributed by atoms with Crippen molar-refractivity contribution in [1.29, 1.82) is 0 Å². The first-order valence-electron chi connectivity index (χ1n) is 8.42. The third-order valence-corrected chi connectivity index (χ3v) is 4.20. The molecule has 0 N–H and O–H groups in total. The third-order valence-electron chi connectivity index (χ3n) is 3.76. The Labute approximate surface area is 181 Å². The molecular weight excluding hydrogens is 439 g/mol. The van der Waals surface area contributed by atoms with Crippen molar-refractivity contribution >= 4 is 45.6 Å². The molecule has 0 aliphatic carbocycles. The molecule has 30 heavy (non-hydrogen) atoms. The van der Waals surface area contributed by atoms with Crippen LogP contribution >= 0.6 is 23.2 Å². The van der Waals surface area contributed by atoms with Gasteiger partial charge in [0.2, 0.25) is 0 Å². The van der Waals surface area contributed by atoms with Crippen molar-refractivity contribution in [2.45, 2.75) is 12.8 Å². The van der Waals surface area contributed by atoms with Gasteiger partial charge in [-0.2, -0.15) is 0 Å². The van der Waals surface area contributed by atoms with Gasteiger partial charge in [-0.1, -0.05) is 0 Å². The summed E-state index contributed by atoms with van der Waals surface area (Å²) in [5, 5.41) is -1.37. The number of ether oxygens (including phenoxy) is 4. The monoisotopic (exact) mass is 454 g/mol. The Morgan fingerprint density at radius 1 is 0.667 bits per heavy atom. The largest absolute Gasteiger partial charge is 0.493 e. The molecule has 2 aromatic rings. The first kappa shape index (κ1) is 23.2. The number of rotatable bonds is 9. The van der Waals surface area contributed by atoms with Crippen LogP contribution in [0.1, 0.15) is 33.6 Å². The second kappa shape index (κ2) is 10.6. The second-order valence-electron chi connectivity index (χ2n) is 5.73. The van der Waals surface area contributed by atoms with Gasteiger partial charge in [0.1, 0.15) is 0 Å². The summed E-state index contributed by atoms with van der Waals surface area (Å²) in [6.07, 6.45) is -0.558. The normalized spacial score (nSPS) is 10.1. The molecule has 158 valence electrons. The number of benzene rings is 2. The molecule has 2 rings (SSSR count). The molecule has 0 unspecified atom stereocenters. The molecule has 0 saturated carbocycles. The number of methoxy groups -OCH3 is 2. The van der Waals surface area contributed by atoms with Crippen LogP contribution in [0, 0.1) is 0 Å². The molecule has 0 bridgehead atoms. The smallest absolute Gasteiger partial charge is 0.311 e. The summed E-state index contributed by atoms with van der Waals surface area (Å²) in [6, 6.07) is 8.11. The average molecular weight is 455 g/mol. The van der Waals surface area contributed by atoms with E-state index in [4.69, 9.17) is 42.1 Å². The van der Waals surface area contributed by atoms with Gasteiger partial charge in [0.05, 0.1) is 27.1 Å². The summed E-state index contributed by atoms with van der Waals surface area (Å²) in [4.78, 5) is 46.5. The lowest BCUT2D eigenvalue weighted by molar-refractivity contribution is -0.140. The van der Waals surface area contributed by atoms with E-state index in [0.29, 0.717) is 0 Å². The SMILES string of the molecule is COc1cc(C(=O)Cl)ccc1OC(=O)CCC(=O)Oc1ccc(C(=O)Cl)cc1OC. The van der Waals surface area contributed by atoms with Crippen LogP contribution in [0.2, 0.25) is 0 Å². The van der Waals surface area contributed by atoms with Crippen molar-refractivity contribution in [2.75, 3.05) is 14.2 Å². The molecule has 0 fully saturated rings. The van der Waals surface area contributed by atoms with Crippen LogP contribution in [-0.4, -0.2) is 36.6 Å². The number of carbonyl (C=O) groups is 4. The Morgan fingerprint density at radius 2 is 1.03 bits per heavy atom. The molecule has 2 aromatic carbocycles. The van der Waals surface area contributed by atoms with Gasteiger partial charge in [0.15, 0.2) is 23.0 Å². The molecule has 0 aromatic heterocycles. The predicted octanol–water partition coefficient (Wildman–Crippen LogP) is 3.75. The van der Waals surface area contributed by atoms with Gasteiger partial charge in [-0.25, -0.2) is 0 Å². The average Bonchev–Trinajstić information content (AvgIpc) is 2.72. The molecule has 0 spiro atoms. The second-order valence-corrected chi connectivity index (χ2v) is 6.41. The van der Waals surface area contributed by atoms with E-state index in [0.717, 1.165) is 0 Å². The van der Waals surface area contributed by atoms with E-state index in [1.54, 1.807) is 0 Å². The van der Waals surface area contributed by atoms with E-state index in [-0.39, 0.29) is 47.0 Å². The maximum absolute atomic E-state index is 12.0. The number of hydrogen-bond donors (Lipinski definition) is 0. The van der Waals surface area contributed by atoms with Crippen LogP contribution in [0.4, 0.5) is 0 Å². The third kappa shape index (κ3) is 6.20. The molecule has 0 atom stereocenters. The highest BCUT2D eigenvalue weighted by atomic mass is 35.5. The lowest BCUT2D eigenvalue weighted by Crippen LogP contribution is -2.15. The minimum atomic E-state index is -0.717. The number of hydrogen-bond acceptors (Lipinski definition) is 8. The summed E-state index contributed by atoms with van der Waals surface area (Å²) in [5.74, 6) is -1.02. The zero-order valence-corrected chi connectivity index (χ0v) is 17.4. The fourth-order valence-electron chi connectivity index (χ4n) is 2.30. The Balaban J connectivity index is 1.96. The van der Waals surface area contributed by atoms with Crippen LogP contribution in [0.5, 0.6) is 23.0 Å². The first-order chi connectivity index (χ1) is 14.2. The van der Waals surface area contributed by atoms with E-state index in [2.05, 4.69) is 0 Å². The summed E-state index contributed by atoms with van der Waals surface area (Å²) in [5.41, 5.74) is 0.348. The van der Waals surface area contributed by atoms with Gasteiger partial charge in [-0.3, -0.25) is 19.2 Å². The fourth-order valence-corrected chi connectivity index (χ4v) is 2.53. The van der Waals surface area contributed by atoms with Gasteiger partial charge in [0.25, 0.3) is 10.5 Å². The molecule has 0 radical (unpaired) electrons. The standard InChI is InChI=1S/C20H16Cl2O8/c1-27-15-9-11(19(21)25)3-5-13(15)29-17(23)7-8-18(24)30-14-6-4-12(20(22)26)10-16(14)28-2/h3-6,9-10H,7-8H2,1-2H3. The van der Waals surface area contributed by atoms with Crippen molar-refractivity contribution in [3.63, 3.8) is 0 Å². The van der Waals surface area contributed by atoms with Crippen molar-refractivity contribution in [2.24, 2.45) is 0 Å². The van der Waals surface area contributed by atoms with Crippen LogP contribution < -0.4 is 18.9 Å². The van der Waals surface area contributed by atoms with Crippen molar-refractivity contribution in [3.8, 4) is 23.0 Å². The highest BCUT2D eigenvalue weighted by Gasteiger charge is 2.17. The van der Waals surface area contributed by atoms with E-state index in [1.807, 2.05) is 0 Å². The van der Waals surface area contributed by atoms with Gasteiger partial charge in [-0.05, 0) is 59.6 Å². The quantitative estimate of drug-likeness (QED) is 0.320. The Bertz CT molecular complexity index is 907. The summed E-state index contributed by atoms with van der Waals surface area (Å²) < 4.78 is 20.4. The lowest BCUT2D eigenvalue weighted by atomic mass is 10.2. The van der Waals surface area contributed by atoms with Crippen LogP contribution in [0.15, 0.2) is 36.4 Å². The van der Waals surface area contributed by atoms with Crippen molar-refractivity contribution in [3.05, 3.63) is 47.5 Å². The Kier molecular flexibility index (Phi) is 8.20. The van der Waals surface area contributed by atoms with Crippen molar-refractivity contribution in [1.82, 2.24) is 0 Å². The lowest BCUT2D eigenvalue weighted by Gasteiger charge is -2.11. The molecule has 0 amide bonds. The van der Waals surface area contributed by atoms with Crippen LogP contribution in [0.25, 0.3) is 0 Å². The minimum absolute atomic E-state index is 0.0699. The highest BCUT2D eigenvalue weighted by Crippen LogP contribution is 2.30. The molecule has 0 saturated heterocycles. The minimum Gasteiger partial charge on any atom is -0.493 e. The number of esters is 2. The highest BCUT2D eigenvalue weighted by molar-refractivity contribution is 6.68. The van der Waals surface area contributed by atoms with Crippen molar-refractivity contribution < 1.29 is 38.1 Å². The van der Waals surface area contributed by atoms with Gasteiger partial charge in [0, 0.05) is 11.1 Å². The van der Waals surface area contributed by atoms with Gasteiger partial charge in [-0.15, -0.1) is 0 Å². The molecule has 0 aliphatic heterocycles. The van der Waals surface area contributed by atoms with E-state index < -0.39 is 22.4 Å². The number of carbonyl (C=O) groups excluding carboxylic acids is 4. The zero-order valence-electron chi connectivity index (χ0n) is 15.9. The molecule has 10 heteroatoms. The molecule has 0 aliphatic rings. The maximum Gasteiger partial charge on any atom is 0.311 e. The van der Waals surface area contributed by atoms with Crippen LogP contribution in [-0.2, 0) is 9.59 Å².